The molecule has 0 amide bonds. The van der Waals surface area contributed by atoms with E-state index < -0.39 is 0 Å². The van der Waals surface area contributed by atoms with Crippen molar-refractivity contribution in [2.45, 2.75) is 0 Å². The van der Waals surface area contributed by atoms with E-state index in [9.17, 15) is 9.18 Å². The van der Waals surface area contributed by atoms with Gasteiger partial charge in [0.05, 0.1) is 0 Å². The number of carbonyl (C=O) groups excluding carboxylic acids is 1. The maximum Gasteiger partial charge on any atom is 0.185 e. The van der Waals surface area contributed by atoms with E-state index >= 15 is 0 Å². The summed E-state index contributed by atoms with van der Waals surface area (Å²) < 4.78 is 18.1. The van der Waals surface area contributed by atoms with Crippen LogP contribution in [-0.4, -0.2) is 6.29 Å². The molecule has 0 bridgehead atoms. The van der Waals surface area contributed by atoms with Crippen LogP contribution in [0.3, 0.4) is 0 Å². The first-order valence-corrected chi connectivity index (χ1v) is 5.51. The summed E-state index contributed by atoms with van der Waals surface area (Å²) in [7, 11) is 0. The van der Waals surface area contributed by atoms with E-state index in [0.717, 1.165) is 16.5 Å². The number of benzene rings is 2. The standard InChI is InChI=1S/C15H9FO2/c16-13-4-1-10(2-5-13)11-3-6-15-12(7-11)8-14(9-17)18-15/h1-9H. The Labute approximate surface area is 103 Å². The van der Waals surface area contributed by atoms with Crippen LogP contribution >= 0.6 is 0 Å². The lowest BCUT2D eigenvalue weighted by Gasteiger charge is -2.01. The lowest BCUT2D eigenvalue weighted by atomic mass is 10.0. The second kappa shape index (κ2) is 4.11. The quantitative estimate of drug-likeness (QED) is 0.632. The Hall–Kier alpha value is -2.42. The monoisotopic (exact) mass is 240 g/mol. The third kappa shape index (κ3) is 1.80. The summed E-state index contributed by atoms with van der Waals surface area (Å²) in [4.78, 5) is 10.6. The molecular weight excluding hydrogens is 231 g/mol. The predicted molar refractivity (Wildman–Crippen MR) is 67.0 cm³/mol. The van der Waals surface area contributed by atoms with Gasteiger partial charge in [0, 0.05) is 5.39 Å². The van der Waals surface area contributed by atoms with Crippen LogP contribution in [0.25, 0.3) is 22.1 Å². The van der Waals surface area contributed by atoms with Crippen LogP contribution in [0.1, 0.15) is 10.6 Å². The summed E-state index contributed by atoms with van der Waals surface area (Å²) in [6.07, 6.45) is 0.678. The van der Waals surface area contributed by atoms with E-state index in [0.29, 0.717) is 17.6 Å². The van der Waals surface area contributed by atoms with Crippen LogP contribution in [-0.2, 0) is 0 Å². The molecule has 0 spiro atoms. The van der Waals surface area contributed by atoms with Gasteiger partial charge < -0.3 is 4.42 Å². The molecular formula is C15H9FO2. The zero-order valence-corrected chi connectivity index (χ0v) is 9.39. The fourth-order valence-corrected chi connectivity index (χ4v) is 1.94. The zero-order chi connectivity index (χ0) is 12.5. The molecule has 18 heavy (non-hydrogen) atoms. The number of fused-ring (bicyclic) bond motifs is 1. The number of furan rings is 1. The van der Waals surface area contributed by atoms with Crippen molar-refractivity contribution in [3.63, 3.8) is 0 Å². The Bertz CT molecular complexity index is 711. The minimum atomic E-state index is -0.258. The lowest BCUT2D eigenvalue weighted by molar-refractivity contribution is 0.110. The topological polar surface area (TPSA) is 30.2 Å². The molecule has 3 heteroatoms. The molecule has 0 fully saturated rings. The third-order valence-electron chi connectivity index (χ3n) is 2.83. The number of carbonyl (C=O) groups is 1. The van der Waals surface area contributed by atoms with Gasteiger partial charge >= 0.3 is 0 Å². The van der Waals surface area contributed by atoms with Crippen molar-refractivity contribution in [3.05, 3.63) is 60.1 Å². The molecule has 0 N–H and O–H groups in total. The maximum atomic E-state index is 12.9. The van der Waals surface area contributed by atoms with E-state index in [-0.39, 0.29) is 5.82 Å². The maximum absolute atomic E-state index is 12.9. The summed E-state index contributed by atoms with van der Waals surface area (Å²) in [6, 6.07) is 13.6. The summed E-state index contributed by atoms with van der Waals surface area (Å²) in [5.74, 6) is 0.0487. The summed E-state index contributed by atoms with van der Waals surface area (Å²) in [5.41, 5.74) is 2.55. The number of halogens is 1. The van der Waals surface area contributed by atoms with Crippen LogP contribution < -0.4 is 0 Å². The van der Waals surface area contributed by atoms with Gasteiger partial charge in [-0.2, -0.15) is 0 Å². The molecule has 0 unspecified atom stereocenters. The molecule has 3 rings (SSSR count). The minimum absolute atomic E-state index is 0.258. The molecule has 0 aliphatic heterocycles. The zero-order valence-electron chi connectivity index (χ0n) is 9.39. The van der Waals surface area contributed by atoms with E-state index in [1.807, 2.05) is 12.1 Å². The Kier molecular flexibility index (Phi) is 2.45. The van der Waals surface area contributed by atoms with Gasteiger partial charge in [0.1, 0.15) is 11.4 Å². The van der Waals surface area contributed by atoms with Gasteiger partial charge in [-0.05, 0) is 41.5 Å². The van der Waals surface area contributed by atoms with Gasteiger partial charge in [0.25, 0.3) is 0 Å². The first kappa shape index (κ1) is 10.7. The molecule has 3 aromatic rings. The van der Waals surface area contributed by atoms with Crippen molar-refractivity contribution in [3.8, 4) is 11.1 Å². The van der Waals surface area contributed by atoms with Crippen molar-refractivity contribution in [1.29, 1.82) is 0 Å². The smallest absolute Gasteiger partial charge is 0.185 e. The SMILES string of the molecule is O=Cc1cc2cc(-c3ccc(F)cc3)ccc2o1. The van der Waals surface area contributed by atoms with Gasteiger partial charge in [-0.15, -0.1) is 0 Å². The van der Waals surface area contributed by atoms with Crippen molar-refractivity contribution in [2.24, 2.45) is 0 Å². The summed E-state index contributed by atoms with van der Waals surface area (Å²) in [5, 5.41) is 0.860. The molecule has 0 aliphatic carbocycles. The van der Waals surface area contributed by atoms with Gasteiger partial charge in [0.2, 0.25) is 0 Å². The number of hydrogen-bond acceptors (Lipinski definition) is 2. The van der Waals surface area contributed by atoms with Crippen LogP contribution in [0, 0.1) is 5.82 Å². The van der Waals surface area contributed by atoms with Crippen LogP contribution in [0.15, 0.2) is 52.9 Å². The Morgan fingerprint density at radius 2 is 1.67 bits per heavy atom. The first-order chi connectivity index (χ1) is 8.76. The van der Waals surface area contributed by atoms with E-state index in [4.69, 9.17) is 4.42 Å². The highest BCUT2D eigenvalue weighted by molar-refractivity contribution is 5.88. The van der Waals surface area contributed by atoms with Crippen molar-refractivity contribution in [2.75, 3.05) is 0 Å². The summed E-state index contributed by atoms with van der Waals surface area (Å²) in [6.45, 7) is 0. The molecule has 88 valence electrons. The van der Waals surface area contributed by atoms with Crippen molar-refractivity contribution < 1.29 is 13.6 Å². The Balaban J connectivity index is 2.12. The predicted octanol–water partition coefficient (Wildman–Crippen LogP) is 4.05. The highest BCUT2D eigenvalue weighted by atomic mass is 19.1. The lowest BCUT2D eigenvalue weighted by Crippen LogP contribution is -1.78. The highest BCUT2D eigenvalue weighted by Gasteiger charge is 2.05. The average molecular weight is 240 g/mol. The van der Waals surface area contributed by atoms with E-state index in [1.165, 1.54) is 12.1 Å². The first-order valence-electron chi connectivity index (χ1n) is 5.51. The third-order valence-corrected chi connectivity index (χ3v) is 2.83. The van der Waals surface area contributed by atoms with Gasteiger partial charge in [-0.3, -0.25) is 4.79 Å². The molecule has 0 saturated carbocycles. The molecule has 0 radical (unpaired) electrons. The molecule has 0 atom stereocenters. The second-order valence-corrected chi connectivity index (χ2v) is 4.03. The largest absolute Gasteiger partial charge is 0.453 e. The average Bonchev–Trinajstić information content (AvgIpc) is 2.81. The Morgan fingerprint density at radius 1 is 0.944 bits per heavy atom. The number of aldehydes is 1. The molecule has 0 aliphatic rings. The summed E-state index contributed by atoms with van der Waals surface area (Å²) >= 11 is 0. The van der Waals surface area contributed by atoms with Crippen molar-refractivity contribution in [1.82, 2.24) is 0 Å². The minimum Gasteiger partial charge on any atom is -0.453 e. The fraction of sp³-hybridized carbons (Fsp3) is 0. The van der Waals surface area contributed by atoms with E-state index in [1.54, 1.807) is 24.3 Å². The van der Waals surface area contributed by atoms with Gasteiger partial charge in [-0.1, -0.05) is 18.2 Å². The fourth-order valence-electron chi connectivity index (χ4n) is 1.94. The van der Waals surface area contributed by atoms with Gasteiger partial charge in [-0.25, -0.2) is 4.39 Å². The molecule has 1 heterocycles. The second-order valence-electron chi connectivity index (χ2n) is 4.03. The number of rotatable bonds is 2. The molecule has 2 aromatic carbocycles. The van der Waals surface area contributed by atoms with Crippen LogP contribution in [0.2, 0.25) is 0 Å². The van der Waals surface area contributed by atoms with Crippen LogP contribution in [0.4, 0.5) is 4.39 Å². The molecule has 0 saturated heterocycles. The van der Waals surface area contributed by atoms with Crippen molar-refractivity contribution >= 4 is 17.3 Å². The Morgan fingerprint density at radius 3 is 2.39 bits per heavy atom. The normalized spacial score (nSPS) is 10.7. The highest BCUT2D eigenvalue weighted by Crippen LogP contribution is 2.26. The van der Waals surface area contributed by atoms with E-state index in [2.05, 4.69) is 0 Å². The van der Waals surface area contributed by atoms with Gasteiger partial charge in [0.15, 0.2) is 12.0 Å². The van der Waals surface area contributed by atoms with Crippen LogP contribution in [0.5, 0.6) is 0 Å². The molecule has 1 aromatic heterocycles. The number of hydrogen-bond donors (Lipinski definition) is 0. The molecule has 2 nitrogen and oxygen atoms in total.